The van der Waals surface area contributed by atoms with Crippen molar-refractivity contribution in [2.45, 2.75) is 0 Å². The molecule has 0 bridgehead atoms. The topological polar surface area (TPSA) is 3.24 Å². The van der Waals surface area contributed by atoms with Gasteiger partial charge in [-0.05, 0) is 108 Å². The van der Waals surface area contributed by atoms with Gasteiger partial charge in [-0.2, -0.15) is 0 Å². The van der Waals surface area contributed by atoms with Crippen LogP contribution in [0.2, 0.25) is 0 Å². The van der Waals surface area contributed by atoms with Crippen LogP contribution in [0.15, 0.2) is 199 Å². The van der Waals surface area contributed by atoms with E-state index in [-0.39, 0.29) is 4.90 Å². The van der Waals surface area contributed by atoms with Crippen molar-refractivity contribution in [2.75, 3.05) is 4.90 Å². The molecule has 9 aromatic rings. The van der Waals surface area contributed by atoms with E-state index < -0.39 is 282 Å². The first kappa shape index (κ1) is 10.5. The minimum atomic E-state index is -1.36. The van der Waals surface area contributed by atoms with Gasteiger partial charge >= 0.3 is 0 Å². The van der Waals surface area contributed by atoms with Gasteiger partial charge < -0.3 is 4.90 Å². The summed E-state index contributed by atoms with van der Waals surface area (Å²) in [5.41, 5.74) is -9.12. The number of anilines is 3. The number of hydrogen-bond donors (Lipinski definition) is 0. The summed E-state index contributed by atoms with van der Waals surface area (Å²) in [4.78, 5) is 0.283. The lowest BCUT2D eigenvalue weighted by Crippen LogP contribution is -2.09. The molecular formula is C48H33N. The summed E-state index contributed by atoms with van der Waals surface area (Å²) in [6.45, 7) is 0. The van der Waals surface area contributed by atoms with Crippen LogP contribution in [0.4, 0.5) is 17.1 Å². The van der Waals surface area contributed by atoms with Gasteiger partial charge in [0.15, 0.2) is 0 Å². The third kappa shape index (κ3) is 5.42. The fourth-order valence-electron chi connectivity index (χ4n) is 4.90. The van der Waals surface area contributed by atoms with Crippen LogP contribution in [0.5, 0.6) is 0 Å². The normalized spacial score (nSPS) is 20.7. The number of rotatable bonds is 6. The van der Waals surface area contributed by atoms with Crippen molar-refractivity contribution >= 4 is 49.4 Å². The molecule has 0 atom stereocenters. The molecule has 0 N–H and O–H groups in total. The van der Waals surface area contributed by atoms with E-state index in [9.17, 15) is 19.2 Å². The zero-order chi connectivity index (χ0) is 61.3. The Kier molecular flexibility index (Phi) is 2.64. The van der Waals surface area contributed by atoms with Crippen molar-refractivity contribution in [3.05, 3.63) is 199 Å². The Balaban J connectivity index is 1.51. The van der Waals surface area contributed by atoms with Gasteiger partial charge in [-0.1, -0.05) is 157 Å². The molecule has 0 saturated carbocycles. The van der Waals surface area contributed by atoms with Crippen LogP contribution in [-0.2, 0) is 0 Å². The van der Waals surface area contributed by atoms with E-state index in [0.29, 0.717) is 0 Å². The summed E-state index contributed by atoms with van der Waals surface area (Å²) in [6, 6.07) is -35.1. The van der Waals surface area contributed by atoms with E-state index in [0.717, 1.165) is 0 Å². The molecular weight excluding hydrogens is 591 g/mol. The van der Waals surface area contributed by atoms with Gasteiger partial charge in [0.25, 0.3) is 0 Å². The van der Waals surface area contributed by atoms with Gasteiger partial charge in [0.1, 0.15) is 0 Å². The minimum Gasteiger partial charge on any atom is -0.310 e. The fraction of sp³-hybridized carbons (Fsp3) is 0. The summed E-state index contributed by atoms with van der Waals surface area (Å²) in [6.07, 6.45) is 0. The predicted molar refractivity (Wildman–Crippen MR) is 210 cm³/mol. The summed E-state index contributed by atoms with van der Waals surface area (Å²) in [7, 11) is 0. The van der Waals surface area contributed by atoms with Crippen LogP contribution in [0.3, 0.4) is 0 Å². The van der Waals surface area contributed by atoms with Crippen LogP contribution in [0.1, 0.15) is 45.2 Å². The van der Waals surface area contributed by atoms with E-state index in [1.54, 1.807) is 0 Å². The van der Waals surface area contributed by atoms with Crippen LogP contribution < -0.4 is 4.90 Å². The largest absolute Gasteiger partial charge is 0.310 e. The molecule has 0 aliphatic rings. The molecule has 49 heavy (non-hydrogen) atoms. The Morgan fingerprint density at radius 2 is 0.694 bits per heavy atom. The second-order valence-corrected chi connectivity index (χ2v) is 10.0. The molecule has 0 aliphatic heterocycles. The van der Waals surface area contributed by atoms with Gasteiger partial charge in [-0.15, -0.1) is 0 Å². The number of fused-ring (bicyclic) bond motifs is 5. The van der Waals surface area contributed by atoms with Crippen molar-refractivity contribution in [3.8, 4) is 33.4 Å². The van der Waals surface area contributed by atoms with Gasteiger partial charge in [-0.3, -0.25) is 0 Å². The fourth-order valence-corrected chi connectivity index (χ4v) is 4.90. The number of hydrogen-bond acceptors (Lipinski definition) is 1. The monoisotopic (exact) mass is 656 g/mol. The Morgan fingerprint density at radius 1 is 0.265 bits per heavy atom. The average molecular weight is 657 g/mol. The van der Waals surface area contributed by atoms with Gasteiger partial charge in [0.05, 0.1) is 45.2 Å². The Bertz CT molecular complexity index is 4380. The maximum absolute atomic E-state index is 9.98. The predicted octanol–water partition coefficient (Wildman–Crippen LogP) is 13.6. The number of benzene rings is 9. The van der Waals surface area contributed by atoms with E-state index in [1.807, 2.05) is 0 Å². The molecule has 0 amide bonds. The lowest BCUT2D eigenvalue weighted by atomic mass is 9.96. The summed E-state index contributed by atoms with van der Waals surface area (Å²) < 4.78 is 295. The van der Waals surface area contributed by atoms with Crippen molar-refractivity contribution < 1.29 is 45.2 Å². The highest BCUT2D eigenvalue weighted by Gasteiger charge is 2.15. The number of nitrogens with zero attached hydrogens (tertiary/aromatic N) is 1. The third-order valence-electron chi connectivity index (χ3n) is 7.13. The molecule has 0 radical (unpaired) electrons. The first-order chi connectivity index (χ1) is 38.1. The van der Waals surface area contributed by atoms with E-state index >= 15 is 0 Å². The summed E-state index contributed by atoms with van der Waals surface area (Å²) >= 11 is 0. The first-order valence-electron chi connectivity index (χ1n) is 30.7. The standard InChI is InChI=1S/C48H33N/c1-3-10-34(11-4-1)36-18-25-42(26-19-36)49(43-27-20-37(21-28-43)41-16-9-15-40(32-41)35-12-5-2-6-13-35)44-29-22-39-24-30-46-45-17-8-7-14-38(45)23-31-47(46)48(39)33-44/h1-33H/i1D,2D,3D,4D,5D,6D,7D,8D,9D,10D,11D,12D,13D,14D,15D,16D,17D,18D,19D,20D,21D,22D,23D,24D,25D,26D,27D,28D,29D,30D,31D,32D,33D. The highest BCUT2D eigenvalue weighted by Crippen LogP contribution is 2.40. The minimum absolute atomic E-state index is 0.283. The molecule has 9 aromatic carbocycles. The van der Waals surface area contributed by atoms with Crippen LogP contribution in [0.25, 0.3) is 65.7 Å². The molecule has 1 nitrogen and oxygen atoms in total. The molecule has 0 fully saturated rings. The average Bonchev–Trinajstić information content (AvgIpc) is 2.92. The molecule has 0 aliphatic carbocycles. The highest BCUT2D eigenvalue weighted by atomic mass is 15.1. The Morgan fingerprint density at radius 3 is 1.33 bits per heavy atom. The quantitative estimate of drug-likeness (QED) is 0.161. The van der Waals surface area contributed by atoms with E-state index in [2.05, 4.69) is 0 Å². The maximum atomic E-state index is 9.98. The van der Waals surface area contributed by atoms with Gasteiger partial charge in [0.2, 0.25) is 0 Å². The van der Waals surface area contributed by atoms with E-state index in [4.69, 9.17) is 26.0 Å². The second kappa shape index (κ2) is 12.3. The second-order valence-electron chi connectivity index (χ2n) is 10.0. The Hall–Kier alpha value is -6.44. The van der Waals surface area contributed by atoms with Crippen molar-refractivity contribution in [2.24, 2.45) is 0 Å². The molecule has 0 heterocycles. The lowest BCUT2D eigenvalue weighted by Gasteiger charge is -2.26. The smallest absolute Gasteiger partial charge is 0.0652 e. The molecule has 0 unspecified atom stereocenters. The highest BCUT2D eigenvalue weighted by molar-refractivity contribution is 6.17. The van der Waals surface area contributed by atoms with Crippen molar-refractivity contribution in [1.82, 2.24) is 0 Å². The third-order valence-corrected chi connectivity index (χ3v) is 7.13. The summed E-state index contributed by atoms with van der Waals surface area (Å²) in [5.74, 6) is 0. The van der Waals surface area contributed by atoms with Crippen LogP contribution >= 0.6 is 0 Å². The zero-order valence-corrected chi connectivity index (χ0v) is 24.4. The molecule has 230 valence electrons. The molecule has 9 rings (SSSR count). The van der Waals surface area contributed by atoms with Crippen molar-refractivity contribution in [1.29, 1.82) is 0 Å². The van der Waals surface area contributed by atoms with Crippen LogP contribution in [-0.4, -0.2) is 0 Å². The van der Waals surface area contributed by atoms with Crippen LogP contribution in [0, 0.1) is 0 Å². The molecule has 1 heteroatoms. The zero-order valence-electron chi connectivity index (χ0n) is 57.4. The molecule has 0 saturated heterocycles. The summed E-state index contributed by atoms with van der Waals surface area (Å²) in [5, 5.41) is -4.13. The SMILES string of the molecule is [2H]c1c([2H])c([2H])c(-c2c([2H])c([2H])c(N(c3c([2H])c([2H])c(-c4c([2H])c([2H])c([2H])c(-c5c([2H])c([2H])c([2H])c([2H])c5[2H])c4[2H])c([2H])c3[2H])c3c([2H])c([2H])c4c([2H])c([2H])c5c6c([2H])c([2H])c([2H])c([2H])c6c([2H])c([2H])c5c4c3[2H])c([2H])c2[2H])c([2H])c1[2H]. The van der Waals surface area contributed by atoms with Gasteiger partial charge in [0, 0.05) is 17.1 Å². The van der Waals surface area contributed by atoms with Crippen molar-refractivity contribution in [3.63, 3.8) is 0 Å². The Labute approximate surface area is 333 Å². The van der Waals surface area contributed by atoms with E-state index in [1.165, 1.54) is 0 Å². The maximum Gasteiger partial charge on any atom is 0.0652 e. The van der Waals surface area contributed by atoms with Gasteiger partial charge in [-0.25, -0.2) is 0 Å². The first-order valence-corrected chi connectivity index (χ1v) is 14.2. The molecule has 0 spiro atoms. The lowest BCUT2D eigenvalue weighted by molar-refractivity contribution is 1.29. The molecule has 0 aromatic heterocycles.